The van der Waals surface area contributed by atoms with Gasteiger partial charge in [0, 0.05) is 10.1 Å². The van der Waals surface area contributed by atoms with Crippen molar-refractivity contribution in [1.29, 1.82) is 0 Å². The van der Waals surface area contributed by atoms with Gasteiger partial charge in [-0.25, -0.2) is 13.3 Å². The molecule has 2 aromatic carbocycles. The molecule has 0 radical (unpaired) electrons. The maximum Gasteiger partial charge on any atom is 0.419 e. The Morgan fingerprint density at radius 2 is 1.93 bits per heavy atom. The van der Waals surface area contributed by atoms with Crippen molar-refractivity contribution in [2.45, 2.75) is 12.7 Å². The van der Waals surface area contributed by atoms with Gasteiger partial charge in [-0.2, -0.15) is 13.2 Å². The van der Waals surface area contributed by atoms with E-state index in [0.29, 0.717) is 10.0 Å². The number of thiophene rings is 1. The van der Waals surface area contributed by atoms with Crippen LogP contribution >= 0.6 is 22.9 Å². The van der Waals surface area contributed by atoms with E-state index in [-0.39, 0.29) is 12.1 Å². The van der Waals surface area contributed by atoms with Crippen molar-refractivity contribution < 1.29 is 21.8 Å². The molecule has 1 heterocycles. The SMILES string of the molecule is CNS(=O)N(Cc1ccc(F)c(C(F)(F)F)c1)c1sc2ccccc2c1Cl. The molecule has 1 atom stereocenters. The molecule has 0 saturated heterocycles. The highest BCUT2D eigenvalue weighted by atomic mass is 35.5. The molecule has 0 aliphatic heterocycles. The zero-order chi connectivity index (χ0) is 19.8. The molecule has 3 aromatic rings. The zero-order valence-corrected chi connectivity index (χ0v) is 16.2. The number of rotatable bonds is 5. The average molecular weight is 437 g/mol. The van der Waals surface area contributed by atoms with Gasteiger partial charge in [0.05, 0.1) is 17.1 Å². The second kappa shape index (κ2) is 7.75. The molecule has 1 aromatic heterocycles. The van der Waals surface area contributed by atoms with Gasteiger partial charge in [-0.1, -0.05) is 35.9 Å². The predicted octanol–water partition coefficient (Wildman–Crippen LogP) is 5.52. The number of hydrogen-bond acceptors (Lipinski definition) is 2. The second-order valence-corrected chi connectivity index (χ2v) is 8.28. The van der Waals surface area contributed by atoms with E-state index in [2.05, 4.69) is 4.72 Å². The number of hydrogen-bond donors (Lipinski definition) is 1. The van der Waals surface area contributed by atoms with Gasteiger partial charge in [-0.15, -0.1) is 11.3 Å². The normalized spacial score (nSPS) is 13.1. The second-order valence-electron chi connectivity index (χ2n) is 5.52. The Hall–Kier alpha value is -1.68. The molecule has 1 unspecified atom stereocenters. The maximum absolute atomic E-state index is 13.5. The van der Waals surface area contributed by atoms with Crippen molar-refractivity contribution in [2.75, 3.05) is 11.4 Å². The Kier molecular flexibility index (Phi) is 5.76. The van der Waals surface area contributed by atoms with Crippen LogP contribution in [-0.2, 0) is 23.9 Å². The minimum atomic E-state index is -4.82. The molecule has 0 saturated carbocycles. The summed E-state index contributed by atoms with van der Waals surface area (Å²) in [6, 6.07) is 9.98. The first kappa shape index (κ1) is 20.1. The van der Waals surface area contributed by atoms with E-state index in [1.165, 1.54) is 28.8 Å². The smallest absolute Gasteiger partial charge is 0.264 e. The van der Waals surface area contributed by atoms with E-state index in [1.807, 2.05) is 12.1 Å². The van der Waals surface area contributed by atoms with Crippen LogP contribution in [0.2, 0.25) is 5.02 Å². The first-order chi connectivity index (χ1) is 12.7. The summed E-state index contributed by atoms with van der Waals surface area (Å²) < 4.78 is 69.7. The summed E-state index contributed by atoms with van der Waals surface area (Å²) in [5.41, 5.74) is -1.21. The molecule has 0 aliphatic rings. The largest absolute Gasteiger partial charge is 0.419 e. The van der Waals surface area contributed by atoms with Gasteiger partial charge in [-0.3, -0.25) is 4.31 Å². The molecule has 0 bridgehead atoms. The van der Waals surface area contributed by atoms with Gasteiger partial charge in [0.1, 0.15) is 10.8 Å². The van der Waals surface area contributed by atoms with Crippen LogP contribution in [0.4, 0.5) is 22.6 Å². The molecular weight excluding hydrogens is 424 g/mol. The van der Waals surface area contributed by atoms with Crippen molar-refractivity contribution in [3.8, 4) is 0 Å². The van der Waals surface area contributed by atoms with Crippen LogP contribution in [0.25, 0.3) is 10.1 Å². The molecule has 27 heavy (non-hydrogen) atoms. The van der Waals surface area contributed by atoms with Crippen LogP contribution in [0.5, 0.6) is 0 Å². The van der Waals surface area contributed by atoms with Crippen LogP contribution in [0.1, 0.15) is 11.1 Å². The Morgan fingerprint density at radius 1 is 1.22 bits per heavy atom. The molecule has 0 spiro atoms. The van der Waals surface area contributed by atoms with E-state index < -0.39 is 28.7 Å². The summed E-state index contributed by atoms with van der Waals surface area (Å²) in [6.07, 6.45) is -4.82. The first-order valence-corrected chi connectivity index (χ1v) is 9.92. The lowest BCUT2D eigenvalue weighted by Crippen LogP contribution is -2.32. The quantitative estimate of drug-likeness (QED) is 0.525. The van der Waals surface area contributed by atoms with E-state index in [1.54, 1.807) is 12.1 Å². The monoisotopic (exact) mass is 436 g/mol. The topological polar surface area (TPSA) is 32.3 Å². The summed E-state index contributed by atoms with van der Waals surface area (Å²) >= 11 is 5.94. The van der Waals surface area contributed by atoms with Crippen molar-refractivity contribution in [1.82, 2.24) is 4.72 Å². The fourth-order valence-electron chi connectivity index (χ4n) is 2.53. The van der Waals surface area contributed by atoms with Crippen LogP contribution < -0.4 is 9.03 Å². The number of alkyl halides is 3. The van der Waals surface area contributed by atoms with Crippen LogP contribution in [0.3, 0.4) is 0 Å². The minimum Gasteiger partial charge on any atom is -0.264 e. The Morgan fingerprint density at radius 3 is 2.56 bits per heavy atom. The van der Waals surface area contributed by atoms with E-state index >= 15 is 0 Å². The Bertz CT molecular complexity index is 1010. The third-order valence-electron chi connectivity index (χ3n) is 3.78. The lowest BCUT2D eigenvalue weighted by Gasteiger charge is -2.22. The molecular formula is C17H13ClF4N2OS2. The minimum absolute atomic E-state index is 0.149. The summed E-state index contributed by atoms with van der Waals surface area (Å²) in [5.74, 6) is -1.35. The lowest BCUT2D eigenvalue weighted by molar-refractivity contribution is -0.140. The average Bonchev–Trinajstić information content (AvgIpc) is 2.96. The predicted molar refractivity (Wildman–Crippen MR) is 102 cm³/mol. The summed E-state index contributed by atoms with van der Waals surface area (Å²) in [5, 5.41) is 1.56. The fraction of sp³-hybridized carbons (Fsp3) is 0.176. The highest BCUT2D eigenvalue weighted by Gasteiger charge is 2.34. The van der Waals surface area contributed by atoms with Crippen molar-refractivity contribution in [2.24, 2.45) is 0 Å². The molecule has 10 heteroatoms. The highest BCUT2D eigenvalue weighted by molar-refractivity contribution is 7.84. The molecule has 0 fully saturated rings. The van der Waals surface area contributed by atoms with E-state index in [0.717, 1.165) is 22.2 Å². The molecule has 0 aliphatic carbocycles. The molecule has 1 N–H and O–H groups in total. The number of nitrogens with one attached hydrogen (secondary N) is 1. The standard InChI is InChI=1S/C17H13ClF4N2OS2/c1-23-27(25)24(16-15(18)11-4-2-3-5-14(11)26-16)9-10-6-7-13(19)12(8-10)17(20,21)22/h2-8,23H,9H2,1H3. The summed E-state index contributed by atoms with van der Waals surface area (Å²) in [6.45, 7) is -0.149. The van der Waals surface area contributed by atoms with Gasteiger partial charge in [0.2, 0.25) is 0 Å². The molecule has 3 rings (SSSR count). The van der Waals surface area contributed by atoms with E-state index in [9.17, 15) is 21.8 Å². The lowest BCUT2D eigenvalue weighted by atomic mass is 10.1. The Balaban J connectivity index is 2.04. The van der Waals surface area contributed by atoms with Crippen molar-refractivity contribution in [3.05, 3.63) is 64.4 Å². The van der Waals surface area contributed by atoms with E-state index in [4.69, 9.17) is 11.6 Å². The molecule has 3 nitrogen and oxygen atoms in total. The van der Waals surface area contributed by atoms with Crippen LogP contribution in [0.15, 0.2) is 42.5 Å². The first-order valence-electron chi connectivity index (χ1n) is 7.62. The van der Waals surface area contributed by atoms with Crippen LogP contribution in [-0.4, -0.2) is 11.3 Å². The number of fused-ring (bicyclic) bond motifs is 1. The molecule has 144 valence electrons. The van der Waals surface area contributed by atoms with Crippen LogP contribution in [0, 0.1) is 5.82 Å². The summed E-state index contributed by atoms with van der Waals surface area (Å²) in [7, 11) is 1.45. The summed E-state index contributed by atoms with van der Waals surface area (Å²) in [4.78, 5) is 0. The number of anilines is 1. The third-order valence-corrected chi connectivity index (χ3v) is 6.65. The van der Waals surface area contributed by atoms with Gasteiger partial charge in [0.15, 0.2) is 11.2 Å². The number of nitrogens with zero attached hydrogens (tertiary/aromatic N) is 1. The number of benzene rings is 2. The Labute approximate surface area is 164 Å². The van der Waals surface area contributed by atoms with Crippen molar-refractivity contribution >= 4 is 49.2 Å². The number of halogens is 5. The van der Waals surface area contributed by atoms with Crippen molar-refractivity contribution in [3.63, 3.8) is 0 Å². The highest BCUT2D eigenvalue weighted by Crippen LogP contribution is 2.43. The maximum atomic E-state index is 13.5. The fourth-order valence-corrected chi connectivity index (χ4v) is 5.06. The third kappa shape index (κ3) is 4.11. The zero-order valence-electron chi connectivity index (χ0n) is 13.8. The van der Waals surface area contributed by atoms with Gasteiger partial charge < -0.3 is 0 Å². The van der Waals surface area contributed by atoms with Gasteiger partial charge in [-0.05, 0) is 30.8 Å². The van der Waals surface area contributed by atoms with Gasteiger partial charge >= 0.3 is 6.18 Å². The molecule has 0 amide bonds. The van der Waals surface area contributed by atoms with Gasteiger partial charge in [0.25, 0.3) is 0 Å².